The lowest BCUT2D eigenvalue weighted by atomic mass is 10.5. The van der Waals surface area contributed by atoms with Gasteiger partial charge in [-0.15, -0.1) is 0 Å². The van der Waals surface area contributed by atoms with Gasteiger partial charge in [-0.05, 0) is 6.07 Å². The largest absolute Gasteiger partial charge is 0.382 e. The molecule has 0 bridgehead atoms. The van der Waals surface area contributed by atoms with Crippen molar-refractivity contribution in [3.63, 3.8) is 0 Å². The van der Waals surface area contributed by atoms with Crippen molar-refractivity contribution in [2.75, 3.05) is 25.5 Å². The summed E-state index contributed by atoms with van der Waals surface area (Å²) >= 11 is 0. The Morgan fingerprint density at radius 1 is 1.65 bits per heavy atom. The van der Waals surface area contributed by atoms with Crippen molar-refractivity contribution in [2.24, 2.45) is 0 Å². The number of aromatic nitrogens is 2. The SMILES string of the molecule is Nc1ccn(CC(=O)NCCOCC(F)F)n1. The fraction of sp³-hybridized carbons (Fsp3) is 0.556. The number of rotatable bonds is 7. The maximum absolute atomic E-state index is 11.7. The second kappa shape index (κ2) is 6.79. The number of nitrogen functional groups attached to an aromatic ring is 1. The lowest BCUT2D eigenvalue weighted by Gasteiger charge is -2.06. The van der Waals surface area contributed by atoms with Crippen LogP contribution >= 0.6 is 0 Å². The number of anilines is 1. The molecular formula is C9H14F2N4O2. The first-order chi connectivity index (χ1) is 8.08. The van der Waals surface area contributed by atoms with Gasteiger partial charge in [0.1, 0.15) is 19.0 Å². The summed E-state index contributed by atoms with van der Waals surface area (Å²) in [5.74, 6) is 0.0480. The normalized spacial score (nSPS) is 10.8. The van der Waals surface area contributed by atoms with E-state index < -0.39 is 13.0 Å². The number of carbonyl (C=O) groups excluding carboxylic acids is 1. The molecule has 0 saturated heterocycles. The standard InChI is InChI=1S/C9H14F2N4O2/c10-7(11)6-17-4-2-13-9(16)5-15-3-1-8(12)14-15/h1,3,7H,2,4-6H2,(H2,12,14)(H,13,16). The summed E-state index contributed by atoms with van der Waals surface area (Å²) in [6.45, 7) is -0.350. The zero-order valence-corrected chi connectivity index (χ0v) is 9.10. The van der Waals surface area contributed by atoms with Crippen LogP contribution in [0.25, 0.3) is 0 Å². The highest BCUT2D eigenvalue weighted by atomic mass is 19.3. The molecule has 0 unspecified atom stereocenters. The molecule has 0 spiro atoms. The number of alkyl halides is 2. The van der Waals surface area contributed by atoms with Crippen LogP contribution in [0.1, 0.15) is 0 Å². The number of amides is 1. The van der Waals surface area contributed by atoms with E-state index in [0.717, 1.165) is 0 Å². The van der Waals surface area contributed by atoms with Crippen LogP contribution in [-0.4, -0.2) is 41.9 Å². The van der Waals surface area contributed by atoms with Crippen LogP contribution in [0.15, 0.2) is 12.3 Å². The molecule has 3 N–H and O–H groups in total. The number of nitrogens with zero attached hydrogens (tertiary/aromatic N) is 2. The smallest absolute Gasteiger partial charge is 0.261 e. The highest BCUT2D eigenvalue weighted by Gasteiger charge is 2.04. The molecule has 0 saturated carbocycles. The van der Waals surface area contributed by atoms with Crippen molar-refractivity contribution in [3.8, 4) is 0 Å². The first kappa shape index (κ1) is 13.4. The topological polar surface area (TPSA) is 82.2 Å². The third kappa shape index (κ3) is 5.81. The van der Waals surface area contributed by atoms with E-state index in [2.05, 4.69) is 15.2 Å². The average molecular weight is 248 g/mol. The Kier molecular flexibility index (Phi) is 5.34. The highest BCUT2D eigenvalue weighted by molar-refractivity contribution is 5.75. The quantitative estimate of drug-likeness (QED) is 0.658. The average Bonchev–Trinajstić information content (AvgIpc) is 2.63. The number of halogens is 2. The maximum atomic E-state index is 11.7. The second-order valence-corrected chi connectivity index (χ2v) is 3.25. The third-order valence-electron chi connectivity index (χ3n) is 1.78. The third-order valence-corrected chi connectivity index (χ3v) is 1.78. The fourth-order valence-corrected chi connectivity index (χ4v) is 1.10. The van der Waals surface area contributed by atoms with Gasteiger partial charge >= 0.3 is 0 Å². The molecule has 1 rings (SSSR count). The van der Waals surface area contributed by atoms with E-state index in [0.29, 0.717) is 5.82 Å². The van der Waals surface area contributed by atoms with Crippen molar-refractivity contribution in [2.45, 2.75) is 13.0 Å². The summed E-state index contributed by atoms with van der Waals surface area (Å²) in [4.78, 5) is 11.3. The van der Waals surface area contributed by atoms with E-state index in [4.69, 9.17) is 5.73 Å². The van der Waals surface area contributed by atoms with Gasteiger partial charge in [-0.1, -0.05) is 0 Å². The van der Waals surface area contributed by atoms with Crippen LogP contribution in [-0.2, 0) is 16.1 Å². The number of hydrogen-bond donors (Lipinski definition) is 2. The molecule has 8 heteroatoms. The van der Waals surface area contributed by atoms with Gasteiger partial charge in [0, 0.05) is 12.7 Å². The van der Waals surface area contributed by atoms with E-state index in [1.54, 1.807) is 12.3 Å². The monoisotopic (exact) mass is 248 g/mol. The molecule has 0 fully saturated rings. The van der Waals surface area contributed by atoms with Gasteiger partial charge in [-0.3, -0.25) is 9.48 Å². The Morgan fingerprint density at radius 3 is 3.00 bits per heavy atom. The van der Waals surface area contributed by atoms with Crippen molar-refractivity contribution >= 4 is 11.7 Å². The molecule has 1 amide bonds. The summed E-state index contributed by atoms with van der Waals surface area (Å²) < 4.78 is 29.3. The van der Waals surface area contributed by atoms with E-state index in [-0.39, 0.29) is 25.6 Å². The van der Waals surface area contributed by atoms with Crippen molar-refractivity contribution in [1.29, 1.82) is 0 Å². The fourth-order valence-electron chi connectivity index (χ4n) is 1.10. The van der Waals surface area contributed by atoms with E-state index in [1.807, 2.05) is 0 Å². The molecule has 0 aliphatic heterocycles. The predicted molar refractivity (Wildman–Crippen MR) is 56.5 cm³/mol. The molecule has 96 valence electrons. The van der Waals surface area contributed by atoms with Crippen molar-refractivity contribution in [1.82, 2.24) is 15.1 Å². The number of ether oxygens (including phenoxy) is 1. The van der Waals surface area contributed by atoms with E-state index >= 15 is 0 Å². The van der Waals surface area contributed by atoms with E-state index in [9.17, 15) is 13.6 Å². The highest BCUT2D eigenvalue weighted by Crippen LogP contribution is 1.95. The lowest BCUT2D eigenvalue weighted by molar-refractivity contribution is -0.122. The number of nitrogens with one attached hydrogen (secondary N) is 1. The number of nitrogens with two attached hydrogens (primary N) is 1. The summed E-state index contributed by atoms with van der Waals surface area (Å²) in [7, 11) is 0. The van der Waals surface area contributed by atoms with Crippen molar-refractivity contribution < 1.29 is 18.3 Å². The number of carbonyl (C=O) groups is 1. The van der Waals surface area contributed by atoms with Gasteiger partial charge in [0.25, 0.3) is 6.43 Å². The van der Waals surface area contributed by atoms with Crippen LogP contribution in [0.2, 0.25) is 0 Å². The summed E-state index contributed by atoms with van der Waals surface area (Å²) in [5.41, 5.74) is 5.37. The molecule has 1 aromatic rings. The van der Waals surface area contributed by atoms with Crippen molar-refractivity contribution in [3.05, 3.63) is 12.3 Å². The second-order valence-electron chi connectivity index (χ2n) is 3.25. The van der Waals surface area contributed by atoms with Crippen LogP contribution in [0.4, 0.5) is 14.6 Å². The van der Waals surface area contributed by atoms with Gasteiger partial charge in [0.05, 0.1) is 6.61 Å². The van der Waals surface area contributed by atoms with Gasteiger partial charge < -0.3 is 15.8 Å². The molecule has 6 nitrogen and oxygen atoms in total. The molecule has 0 radical (unpaired) electrons. The molecule has 0 aliphatic rings. The zero-order chi connectivity index (χ0) is 12.7. The first-order valence-electron chi connectivity index (χ1n) is 4.99. The Hall–Kier alpha value is -1.70. The predicted octanol–water partition coefficient (Wildman–Crippen LogP) is -0.137. The molecule has 17 heavy (non-hydrogen) atoms. The summed E-state index contributed by atoms with van der Waals surface area (Å²) in [6.07, 6.45) is -0.917. The Morgan fingerprint density at radius 2 is 2.41 bits per heavy atom. The van der Waals surface area contributed by atoms with Crippen LogP contribution in [0.5, 0.6) is 0 Å². The minimum absolute atomic E-state index is 0.0338. The minimum atomic E-state index is -2.49. The minimum Gasteiger partial charge on any atom is -0.382 e. The van der Waals surface area contributed by atoms with E-state index in [1.165, 1.54) is 4.68 Å². The Labute approximate surface area is 96.7 Å². The maximum Gasteiger partial charge on any atom is 0.261 e. The van der Waals surface area contributed by atoms with Gasteiger partial charge in [-0.25, -0.2) is 8.78 Å². The van der Waals surface area contributed by atoms with Gasteiger partial charge in [0.15, 0.2) is 0 Å². The Balaban J connectivity index is 2.09. The summed E-state index contributed by atoms with van der Waals surface area (Å²) in [6, 6.07) is 1.57. The van der Waals surface area contributed by atoms with Gasteiger partial charge in [-0.2, -0.15) is 5.10 Å². The molecule has 1 aromatic heterocycles. The van der Waals surface area contributed by atoms with Crippen LogP contribution in [0, 0.1) is 0 Å². The van der Waals surface area contributed by atoms with Gasteiger partial charge in [0.2, 0.25) is 5.91 Å². The summed E-state index contributed by atoms with van der Waals surface area (Å²) in [5, 5.41) is 6.33. The lowest BCUT2D eigenvalue weighted by Crippen LogP contribution is -2.31. The molecular weight excluding hydrogens is 234 g/mol. The Bertz CT molecular complexity index is 357. The number of hydrogen-bond acceptors (Lipinski definition) is 4. The molecule has 0 aliphatic carbocycles. The molecule has 0 atom stereocenters. The first-order valence-corrected chi connectivity index (χ1v) is 4.99. The zero-order valence-electron chi connectivity index (χ0n) is 9.10. The molecule has 1 heterocycles. The van der Waals surface area contributed by atoms with Crippen LogP contribution < -0.4 is 11.1 Å². The molecule has 0 aromatic carbocycles. The van der Waals surface area contributed by atoms with Crippen LogP contribution in [0.3, 0.4) is 0 Å².